The third-order valence-corrected chi connectivity index (χ3v) is 3.90. The summed E-state index contributed by atoms with van der Waals surface area (Å²) in [5.74, 6) is 0.840. The summed E-state index contributed by atoms with van der Waals surface area (Å²) < 4.78 is 0. The first-order chi connectivity index (χ1) is 7.39. The predicted octanol–water partition coefficient (Wildman–Crippen LogP) is 4.37. The lowest BCUT2D eigenvalue weighted by atomic mass is 9.75. The van der Waals surface area contributed by atoms with Crippen LogP contribution in [0.2, 0.25) is 0 Å². The Morgan fingerprint density at radius 2 is 1.88 bits per heavy atom. The summed E-state index contributed by atoms with van der Waals surface area (Å²) in [4.78, 5) is 0. The van der Waals surface area contributed by atoms with Gasteiger partial charge in [-0.25, -0.2) is 0 Å². The van der Waals surface area contributed by atoms with Crippen molar-refractivity contribution in [2.45, 2.75) is 85.2 Å². The first kappa shape index (κ1) is 14.0. The van der Waals surface area contributed by atoms with Gasteiger partial charge in [-0.15, -0.1) is 0 Å². The molecule has 0 saturated heterocycles. The van der Waals surface area contributed by atoms with Crippen LogP contribution >= 0.6 is 0 Å². The summed E-state index contributed by atoms with van der Waals surface area (Å²) >= 11 is 0. The van der Waals surface area contributed by atoms with E-state index in [2.05, 4.69) is 39.9 Å². The van der Waals surface area contributed by atoms with E-state index in [0.29, 0.717) is 11.5 Å². The van der Waals surface area contributed by atoms with Crippen LogP contribution in [0.5, 0.6) is 0 Å². The lowest BCUT2D eigenvalue weighted by Gasteiger charge is -2.37. The highest BCUT2D eigenvalue weighted by Gasteiger charge is 2.28. The first-order valence-corrected chi connectivity index (χ1v) is 7.15. The number of hydrogen-bond acceptors (Lipinski definition) is 1. The molecule has 0 aliphatic heterocycles. The fraction of sp³-hybridized carbons (Fsp3) is 1.00. The molecule has 1 N–H and O–H groups in total. The maximum absolute atomic E-state index is 3.83. The molecule has 0 aromatic carbocycles. The second kappa shape index (κ2) is 6.05. The molecule has 0 aromatic rings. The van der Waals surface area contributed by atoms with E-state index in [9.17, 15) is 0 Å². The third-order valence-electron chi connectivity index (χ3n) is 3.90. The van der Waals surface area contributed by atoms with Crippen LogP contribution in [0.1, 0.15) is 73.1 Å². The minimum atomic E-state index is 0.563. The van der Waals surface area contributed by atoms with E-state index in [0.717, 1.165) is 12.0 Å². The van der Waals surface area contributed by atoms with Gasteiger partial charge in [-0.05, 0) is 50.4 Å². The van der Waals surface area contributed by atoms with Gasteiger partial charge in [0.15, 0.2) is 0 Å². The Kier molecular flexibility index (Phi) is 5.30. The molecule has 2 atom stereocenters. The SMILES string of the molecule is CC(C)CCC(C)NC1CCCC(C)(C)C1. The van der Waals surface area contributed by atoms with Crippen LogP contribution < -0.4 is 5.32 Å². The highest BCUT2D eigenvalue weighted by Crippen LogP contribution is 2.35. The van der Waals surface area contributed by atoms with Crippen LogP contribution in [-0.2, 0) is 0 Å². The van der Waals surface area contributed by atoms with Gasteiger partial charge in [-0.1, -0.05) is 34.1 Å². The number of nitrogens with one attached hydrogen (secondary N) is 1. The molecular formula is C15H31N. The van der Waals surface area contributed by atoms with Gasteiger partial charge < -0.3 is 5.32 Å². The van der Waals surface area contributed by atoms with Crippen LogP contribution in [0.4, 0.5) is 0 Å². The molecule has 96 valence electrons. The summed E-state index contributed by atoms with van der Waals surface area (Å²) in [7, 11) is 0. The Balaban J connectivity index is 2.25. The topological polar surface area (TPSA) is 12.0 Å². The summed E-state index contributed by atoms with van der Waals surface area (Å²) in [6.07, 6.45) is 8.24. The van der Waals surface area contributed by atoms with Gasteiger partial charge in [0.2, 0.25) is 0 Å². The van der Waals surface area contributed by atoms with Crippen LogP contribution in [-0.4, -0.2) is 12.1 Å². The van der Waals surface area contributed by atoms with Crippen molar-refractivity contribution in [2.24, 2.45) is 11.3 Å². The molecule has 0 aromatic heterocycles. The number of rotatable bonds is 5. The standard InChI is InChI=1S/C15H31N/c1-12(2)8-9-13(3)16-14-7-6-10-15(4,5)11-14/h12-14,16H,6-11H2,1-5H3. The molecule has 16 heavy (non-hydrogen) atoms. The van der Waals surface area contributed by atoms with E-state index in [1.807, 2.05) is 0 Å². The Morgan fingerprint density at radius 1 is 1.19 bits per heavy atom. The van der Waals surface area contributed by atoms with Gasteiger partial charge in [0.05, 0.1) is 0 Å². The van der Waals surface area contributed by atoms with Gasteiger partial charge in [0, 0.05) is 12.1 Å². The molecule has 1 heteroatoms. The zero-order valence-corrected chi connectivity index (χ0v) is 12.0. The minimum absolute atomic E-state index is 0.563. The van der Waals surface area contributed by atoms with Gasteiger partial charge in [-0.2, -0.15) is 0 Å². The van der Waals surface area contributed by atoms with Crippen molar-refractivity contribution < 1.29 is 0 Å². The van der Waals surface area contributed by atoms with Crippen molar-refractivity contribution in [3.8, 4) is 0 Å². The second-order valence-corrected chi connectivity index (χ2v) is 7.00. The highest BCUT2D eigenvalue weighted by atomic mass is 14.9. The Hall–Kier alpha value is -0.0400. The molecular weight excluding hydrogens is 194 g/mol. The van der Waals surface area contributed by atoms with E-state index >= 15 is 0 Å². The summed E-state index contributed by atoms with van der Waals surface area (Å²) in [6.45, 7) is 11.8. The molecule has 1 saturated carbocycles. The normalized spacial score (nSPS) is 27.0. The molecule has 1 aliphatic rings. The highest BCUT2D eigenvalue weighted by molar-refractivity contribution is 4.84. The van der Waals surface area contributed by atoms with Crippen LogP contribution in [0.15, 0.2) is 0 Å². The van der Waals surface area contributed by atoms with E-state index in [4.69, 9.17) is 0 Å². The first-order valence-electron chi connectivity index (χ1n) is 7.15. The van der Waals surface area contributed by atoms with E-state index in [1.165, 1.54) is 38.5 Å². The maximum atomic E-state index is 3.83. The van der Waals surface area contributed by atoms with Crippen LogP contribution in [0.3, 0.4) is 0 Å². The fourth-order valence-electron chi connectivity index (χ4n) is 2.91. The van der Waals surface area contributed by atoms with E-state index in [-0.39, 0.29) is 0 Å². The molecule has 0 radical (unpaired) electrons. The molecule has 0 amide bonds. The predicted molar refractivity (Wildman–Crippen MR) is 72.7 cm³/mol. The Labute approximate surface area is 102 Å². The van der Waals surface area contributed by atoms with E-state index < -0.39 is 0 Å². The molecule has 1 nitrogen and oxygen atoms in total. The van der Waals surface area contributed by atoms with Crippen molar-refractivity contribution >= 4 is 0 Å². The van der Waals surface area contributed by atoms with Crippen molar-refractivity contribution in [3.63, 3.8) is 0 Å². The zero-order valence-electron chi connectivity index (χ0n) is 12.0. The second-order valence-electron chi connectivity index (χ2n) is 7.00. The van der Waals surface area contributed by atoms with E-state index in [1.54, 1.807) is 0 Å². The molecule has 1 rings (SSSR count). The summed E-state index contributed by atoms with van der Waals surface area (Å²) in [5.41, 5.74) is 0.563. The fourth-order valence-corrected chi connectivity index (χ4v) is 2.91. The van der Waals surface area contributed by atoms with Gasteiger partial charge in [0.1, 0.15) is 0 Å². The van der Waals surface area contributed by atoms with Gasteiger partial charge >= 0.3 is 0 Å². The number of hydrogen-bond donors (Lipinski definition) is 1. The van der Waals surface area contributed by atoms with Crippen LogP contribution in [0, 0.1) is 11.3 Å². The van der Waals surface area contributed by atoms with Crippen molar-refractivity contribution in [3.05, 3.63) is 0 Å². The monoisotopic (exact) mass is 225 g/mol. The molecule has 0 heterocycles. The lowest BCUT2D eigenvalue weighted by Crippen LogP contribution is -2.41. The molecule has 1 aliphatic carbocycles. The van der Waals surface area contributed by atoms with Gasteiger partial charge in [0.25, 0.3) is 0 Å². The summed E-state index contributed by atoms with van der Waals surface area (Å²) in [5, 5.41) is 3.83. The Morgan fingerprint density at radius 3 is 2.44 bits per heavy atom. The van der Waals surface area contributed by atoms with Crippen molar-refractivity contribution in [1.29, 1.82) is 0 Å². The molecule has 2 unspecified atom stereocenters. The summed E-state index contributed by atoms with van der Waals surface area (Å²) in [6, 6.07) is 1.47. The lowest BCUT2D eigenvalue weighted by molar-refractivity contribution is 0.188. The smallest absolute Gasteiger partial charge is 0.00746 e. The Bertz CT molecular complexity index is 196. The minimum Gasteiger partial charge on any atom is -0.311 e. The largest absolute Gasteiger partial charge is 0.311 e. The third kappa shape index (κ3) is 5.34. The quantitative estimate of drug-likeness (QED) is 0.732. The van der Waals surface area contributed by atoms with Crippen molar-refractivity contribution in [1.82, 2.24) is 5.32 Å². The van der Waals surface area contributed by atoms with Crippen molar-refractivity contribution in [2.75, 3.05) is 0 Å². The zero-order chi connectivity index (χ0) is 12.2. The molecule has 1 fully saturated rings. The average Bonchev–Trinajstić information content (AvgIpc) is 2.13. The maximum Gasteiger partial charge on any atom is 0.00746 e. The average molecular weight is 225 g/mol. The molecule has 0 spiro atoms. The molecule has 0 bridgehead atoms. The van der Waals surface area contributed by atoms with Gasteiger partial charge in [-0.3, -0.25) is 0 Å². The van der Waals surface area contributed by atoms with Crippen LogP contribution in [0.25, 0.3) is 0 Å².